The van der Waals surface area contributed by atoms with Gasteiger partial charge in [0.25, 0.3) is 0 Å². The highest BCUT2D eigenvalue weighted by Crippen LogP contribution is 2.17. The number of ether oxygens (including phenoxy) is 1. The Morgan fingerprint density at radius 2 is 1.75 bits per heavy atom. The third-order valence-electron chi connectivity index (χ3n) is 1.95. The quantitative estimate of drug-likeness (QED) is 0.288. The molecule has 0 bridgehead atoms. The predicted octanol–water partition coefficient (Wildman–Crippen LogP) is -3.26. The van der Waals surface area contributed by atoms with Gasteiger partial charge in [-0.1, -0.05) is 0 Å². The summed E-state index contributed by atoms with van der Waals surface area (Å²) in [7, 11) is 0. The van der Waals surface area contributed by atoms with Crippen molar-refractivity contribution in [1.82, 2.24) is 0 Å². The first kappa shape index (κ1) is 9.85. The van der Waals surface area contributed by atoms with E-state index >= 15 is 0 Å². The maximum Gasteiger partial charge on any atom is 0.173 e. The van der Waals surface area contributed by atoms with E-state index in [1.807, 2.05) is 0 Å². The molecule has 0 spiro atoms. The van der Waals surface area contributed by atoms with E-state index in [-0.39, 0.29) is 0 Å². The highest BCUT2D eigenvalue weighted by atomic mass is 16.6. The molecule has 72 valence electrons. The van der Waals surface area contributed by atoms with Crippen LogP contribution in [0.4, 0.5) is 0 Å². The SMILES string of the molecule is N[C@H]1[C@H](O)[C@H](O)[C@H](CO)O[C@H]1O. The third-order valence-corrected chi connectivity index (χ3v) is 1.95. The fraction of sp³-hybridized carbons (Fsp3) is 1.00. The molecule has 6 heteroatoms. The van der Waals surface area contributed by atoms with Gasteiger partial charge in [0, 0.05) is 0 Å². The smallest absolute Gasteiger partial charge is 0.173 e. The molecule has 1 rings (SSSR count). The fourth-order valence-corrected chi connectivity index (χ4v) is 1.12. The average molecular weight is 179 g/mol. The van der Waals surface area contributed by atoms with Gasteiger partial charge in [-0.25, -0.2) is 0 Å². The van der Waals surface area contributed by atoms with Gasteiger partial charge in [0.15, 0.2) is 6.29 Å². The summed E-state index contributed by atoms with van der Waals surface area (Å²) in [5, 5.41) is 36.1. The topological polar surface area (TPSA) is 116 Å². The van der Waals surface area contributed by atoms with E-state index in [9.17, 15) is 10.2 Å². The molecule has 5 atom stereocenters. The first-order chi connectivity index (χ1) is 5.57. The van der Waals surface area contributed by atoms with Crippen LogP contribution in [-0.2, 0) is 4.74 Å². The van der Waals surface area contributed by atoms with E-state index in [0.717, 1.165) is 0 Å². The van der Waals surface area contributed by atoms with Gasteiger partial charge < -0.3 is 30.9 Å². The Hall–Kier alpha value is -0.240. The minimum absolute atomic E-state index is 0.470. The van der Waals surface area contributed by atoms with Gasteiger partial charge in [0.1, 0.15) is 18.3 Å². The summed E-state index contributed by atoms with van der Waals surface area (Å²) in [6, 6.07) is -1.04. The first-order valence-corrected chi connectivity index (χ1v) is 3.64. The normalized spacial score (nSPS) is 49.2. The molecule has 0 aromatic carbocycles. The van der Waals surface area contributed by atoms with Gasteiger partial charge in [0.05, 0.1) is 12.6 Å². The van der Waals surface area contributed by atoms with Crippen molar-refractivity contribution < 1.29 is 25.2 Å². The van der Waals surface area contributed by atoms with Crippen LogP contribution in [0.5, 0.6) is 0 Å². The van der Waals surface area contributed by atoms with Crippen LogP contribution >= 0.6 is 0 Å². The lowest BCUT2D eigenvalue weighted by atomic mass is 9.98. The Labute approximate surface area is 69.2 Å². The number of aliphatic hydroxyl groups is 4. The van der Waals surface area contributed by atoms with Gasteiger partial charge in [-0.3, -0.25) is 0 Å². The molecule has 0 aromatic heterocycles. The molecule has 1 aliphatic rings. The summed E-state index contributed by atoms with van der Waals surface area (Å²) in [5.41, 5.74) is 5.26. The van der Waals surface area contributed by atoms with Crippen LogP contribution in [0.25, 0.3) is 0 Å². The molecule has 0 amide bonds. The molecule has 1 aliphatic heterocycles. The average Bonchev–Trinajstić information content (AvgIpc) is 2.08. The molecule has 1 fully saturated rings. The monoisotopic (exact) mass is 179 g/mol. The molecule has 6 nitrogen and oxygen atoms in total. The van der Waals surface area contributed by atoms with Crippen LogP contribution in [0.3, 0.4) is 0 Å². The van der Waals surface area contributed by atoms with Crippen molar-refractivity contribution in [1.29, 1.82) is 0 Å². The maximum absolute atomic E-state index is 9.20. The molecular formula is C6H13NO5. The molecule has 0 aliphatic carbocycles. The lowest BCUT2D eigenvalue weighted by molar-refractivity contribution is -0.248. The van der Waals surface area contributed by atoms with E-state index in [2.05, 4.69) is 0 Å². The number of nitrogens with two attached hydrogens (primary N) is 1. The molecule has 1 heterocycles. The van der Waals surface area contributed by atoms with Crippen molar-refractivity contribution in [2.45, 2.75) is 30.6 Å². The van der Waals surface area contributed by atoms with Gasteiger partial charge in [-0.05, 0) is 0 Å². The van der Waals surface area contributed by atoms with Crippen molar-refractivity contribution in [3.05, 3.63) is 0 Å². The Bertz CT molecular complexity index is 150. The van der Waals surface area contributed by atoms with Crippen LogP contribution in [0, 0.1) is 0 Å². The maximum atomic E-state index is 9.20. The molecule has 6 N–H and O–H groups in total. The first-order valence-electron chi connectivity index (χ1n) is 3.64. The van der Waals surface area contributed by atoms with Crippen molar-refractivity contribution in [2.24, 2.45) is 5.73 Å². The highest BCUT2D eigenvalue weighted by molar-refractivity contribution is 4.90. The summed E-state index contributed by atoms with van der Waals surface area (Å²) in [4.78, 5) is 0. The number of hydrogen-bond acceptors (Lipinski definition) is 6. The van der Waals surface area contributed by atoms with Crippen molar-refractivity contribution >= 4 is 0 Å². The lowest BCUT2D eigenvalue weighted by Gasteiger charge is -2.38. The molecule has 0 radical (unpaired) electrons. The van der Waals surface area contributed by atoms with Crippen LogP contribution in [-0.4, -0.2) is 57.7 Å². The fourth-order valence-electron chi connectivity index (χ4n) is 1.12. The van der Waals surface area contributed by atoms with E-state index < -0.39 is 37.3 Å². The van der Waals surface area contributed by atoms with Gasteiger partial charge in [-0.2, -0.15) is 0 Å². The van der Waals surface area contributed by atoms with E-state index in [1.54, 1.807) is 0 Å². The van der Waals surface area contributed by atoms with Crippen molar-refractivity contribution in [3.8, 4) is 0 Å². The summed E-state index contributed by atoms with van der Waals surface area (Å²) in [5.74, 6) is 0. The number of rotatable bonds is 1. The molecular weight excluding hydrogens is 166 g/mol. The summed E-state index contributed by atoms with van der Waals surface area (Å²) in [6.07, 6.45) is -4.85. The third kappa shape index (κ3) is 1.58. The summed E-state index contributed by atoms with van der Waals surface area (Å²) >= 11 is 0. The predicted molar refractivity (Wildman–Crippen MR) is 38.0 cm³/mol. The zero-order chi connectivity index (χ0) is 9.30. The van der Waals surface area contributed by atoms with Gasteiger partial charge >= 0.3 is 0 Å². The van der Waals surface area contributed by atoms with Crippen LogP contribution in [0.2, 0.25) is 0 Å². The van der Waals surface area contributed by atoms with E-state index in [0.29, 0.717) is 0 Å². The van der Waals surface area contributed by atoms with Crippen LogP contribution in [0.15, 0.2) is 0 Å². The second-order valence-electron chi connectivity index (χ2n) is 2.81. The zero-order valence-corrected chi connectivity index (χ0v) is 6.37. The zero-order valence-electron chi connectivity index (χ0n) is 6.37. The number of aliphatic hydroxyl groups excluding tert-OH is 4. The largest absolute Gasteiger partial charge is 0.394 e. The Morgan fingerprint density at radius 1 is 1.17 bits per heavy atom. The molecule has 0 saturated carbocycles. The second-order valence-corrected chi connectivity index (χ2v) is 2.81. The molecule has 1 saturated heterocycles. The van der Waals surface area contributed by atoms with E-state index in [1.165, 1.54) is 0 Å². The van der Waals surface area contributed by atoms with Gasteiger partial charge in [-0.15, -0.1) is 0 Å². The van der Waals surface area contributed by atoms with Crippen LogP contribution in [0.1, 0.15) is 0 Å². The molecule has 0 unspecified atom stereocenters. The minimum Gasteiger partial charge on any atom is -0.394 e. The second kappa shape index (κ2) is 3.65. The van der Waals surface area contributed by atoms with Crippen LogP contribution < -0.4 is 5.73 Å². The Kier molecular flexibility index (Phi) is 2.99. The lowest BCUT2D eigenvalue weighted by Crippen LogP contribution is -2.61. The Morgan fingerprint density at radius 3 is 2.25 bits per heavy atom. The minimum atomic E-state index is -1.35. The molecule has 12 heavy (non-hydrogen) atoms. The standard InChI is InChI=1S/C6H13NO5/c7-3-5(10)4(9)2(1-8)12-6(3)11/h2-6,8-11H,1,7H2/t2-,3-,4+,5-,6+/m0/s1. The van der Waals surface area contributed by atoms with E-state index in [4.69, 9.17) is 20.7 Å². The number of hydrogen-bond donors (Lipinski definition) is 5. The van der Waals surface area contributed by atoms with Crippen molar-refractivity contribution in [3.63, 3.8) is 0 Å². The Balaban J connectivity index is 2.63. The summed E-state index contributed by atoms with van der Waals surface area (Å²) in [6.45, 7) is -0.470. The van der Waals surface area contributed by atoms with Crippen molar-refractivity contribution in [2.75, 3.05) is 6.61 Å². The highest BCUT2D eigenvalue weighted by Gasteiger charge is 2.41. The summed E-state index contributed by atoms with van der Waals surface area (Å²) < 4.78 is 4.70. The van der Waals surface area contributed by atoms with Gasteiger partial charge in [0.2, 0.25) is 0 Å². The molecule has 0 aromatic rings.